The molecule has 1 amide bonds. The lowest BCUT2D eigenvalue weighted by molar-refractivity contribution is 0.0156. The molecule has 0 aromatic heterocycles. The molecule has 110 valence electrons. The Hall–Kier alpha value is -1.46. The fraction of sp³-hybridized carbons (Fsp3) is 0.846. The van der Waals surface area contributed by atoms with E-state index in [0.717, 1.165) is 12.8 Å². The molecule has 1 atom stereocenters. The van der Waals surface area contributed by atoms with Crippen LogP contribution in [0.3, 0.4) is 0 Å². The number of carbonyl (C=O) groups is 1. The molecule has 0 heterocycles. The second-order valence-electron chi connectivity index (χ2n) is 6.33. The Morgan fingerprint density at radius 3 is 2.26 bits per heavy atom. The number of rotatable bonds is 4. The smallest absolute Gasteiger partial charge is 0.411 e. The highest BCUT2D eigenvalue weighted by atomic mass is 16.6. The lowest BCUT2D eigenvalue weighted by atomic mass is 10.0. The van der Waals surface area contributed by atoms with Crippen molar-refractivity contribution in [2.24, 2.45) is 16.8 Å². The number of hydrogen-bond donors (Lipinski definition) is 2. The summed E-state index contributed by atoms with van der Waals surface area (Å²) >= 11 is 0. The topological polar surface area (TPSA) is 88.2 Å². The van der Waals surface area contributed by atoms with E-state index in [0.29, 0.717) is 0 Å². The summed E-state index contributed by atoms with van der Waals surface area (Å²) in [5, 5.41) is 12.0. The summed E-state index contributed by atoms with van der Waals surface area (Å²) in [5.41, 5.74) is 5.18. The third-order valence-electron chi connectivity index (χ3n) is 2.89. The average Bonchev–Trinajstić information content (AvgIpc) is 3.05. The number of amidine groups is 1. The van der Waals surface area contributed by atoms with Gasteiger partial charge in [0.1, 0.15) is 5.60 Å². The molecule has 0 aromatic carbocycles. The normalized spacial score (nSPS) is 18.3. The van der Waals surface area contributed by atoms with Crippen LogP contribution in [0.15, 0.2) is 5.16 Å². The largest absolute Gasteiger partial charge is 0.444 e. The van der Waals surface area contributed by atoms with Crippen molar-refractivity contribution in [3.05, 3.63) is 0 Å². The average molecular weight is 271 g/mol. The number of ether oxygens (including phenoxy) is 1. The minimum Gasteiger partial charge on any atom is -0.444 e. The quantitative estimate of drug-likeness (QED) is 0.355. The first-order valence-electron chi connectivity index (χ1n) is 6.66. The zero-order valence-electron chi connectivity index (χ0n) is 12.4. The maximum absolute atomic E-state index is 12.3. The van der Waals surface area contributed by atoms with E-state index in [1.165, 1.54) is 0 Å². The molecule has 1 rings (SSSR count). The fourth-order valence-corrected chi connectivity index (χ4v) is 2.02. The molecule has 1 saturated carbocycles. The molecule has 1 aliphatic rings. The molecule has 0 spiro atoms. The van der Waals surface area contributed by atoms with Gasteiger partial charge in [0.05, 0.1) is 6.04 Å². The van der Waals surface area contributed by atoms with Gasteiger partial charge in [0.25, 0.3) is 0 Å². The van der Waals surface area contributed by atoms with Gasteiger partial charge in [-0.1, -0.05) is 19.0 Å². The minimum absolute atomic E-state index is 0.0454. The van der Waals surface area contributed by atoms with Gasteiger partial charge in [-0.2, -0.15) is 0 Å². The Kier molecular flexibility index (Phi) is 4.66. The SMILES string of the molecule is CC(C)[C@@H](C(N)=NO)N(C(=O)OC(C)(C)C)C1CC1. The number of oxime groups is 1. The van der Waals surface area contributed by atoms with Crippen molar-refractivity contribution in [3.8, 4) is 0 Å². The molecule has 0 saturated heterocycles. The first-order chi connectivity index (χ1) is 8.67. The molecule has 0 aliphatic heterocycles. The van der Waals surface area contributed by atoms with Gasteiger partial charge in [-0.15, -0.1) is 0 Å². The monoisotopic (exact) mass is 271 g/mol. The van der Waals surface area contributed by atoms with E-state index in [9.17, 15) is 4.79 Å². The molecule has 6 nitrogen and oxygen atoms in total. The van der Waals surface area contributed by atoms with Gasteiger partial charge in [-0.05, 0) is 39.5 Å². The first kappa shape index (κ1) is 15.6. The Bertz CT molecular complexity index is 357. The van der Waals surface area contributed by atoms with E-state index in [-0.39, 0.29) is 17.8 Å². The van der Waals surface area contributed by atoms with Gasteiger partial charge in [0.15, 0.2) is 5.84 Å². The van der Waals surface area contributed by atoms with E-state index in [2.05, 4.69) is 5.16 Å². The molecule has 19 heavy (non-hydrogen) atoms. The number of hydrogen-bond acceptors (Lipinski definition) is 4. The van der Waals surface area contributed by atoms with Crippen LogP contribution in [0.1, 0.15) is 47.5 Å². The maximum Gasteiger partial charge on any atom is 0.411 e. The van der Waals surface area contributed by atoms with Gasteiger partial charge in [-0.25, -0.2) is 4.79 Å². The van der Waals surface area contributed by atoms with Crippen molar-refractivity contribution in [2.75, 3.05) is 0 Å². The van der Waals surface area contributed by atoms with Crippen LogP contribution >= 0.6 is 0 Å². The molecule has 6 heteroatoms. The molecule has 0 radical (unpaired) electrons. The second kappa shape index (κ2) is 5.67. The Morgan fingerprint density at radius 2 is 1.95 bits per heavy atom. The van der Waals surface area contributed by atoms with E-state index in [1.54, 1.807) is 4.90 Å². The highest BCUT2D eigenvalue weighted by Crippen LogP contribution is 2.32. The summed E-state index contributed by atoms with van der Waals surface area (Å²) in [6.45, 7) is 9.34. The van der Waals surface area contributed by atoms with E-state index >= 15 is 0 Å². The molecule has 1 aliphatic carbocycles. The van der Waals surface area contributed by atoms with Crippen molar-refractivity contribution in [1.82, 2.24) is 4.90 Å². The summed E-state index contributed by atoms with van der Waals surface area (Å²) in [4.78, 5) is 13.9. The van der Waals surface area contributed by atoms with Crippen LogP contribution in [0.25, 0.3) is 0 Å². The van der Waals surface area contributed by atoms with Crippen LogP contribution in [0.2, 0.25) is 0 Å². The van der Waals surface area contributed by atoms with Gasteiger partial charge in [0, 0.05) is 6.04 Å². The summed E-state index contributed by atoms with van der Waals surface area (Å²) in [7, 11) is 0. The van der Waals surface area contributed by atoms with Crippen LogP contribution in [0.4, 0.5) is 4.79 Å². The number of nitrogens with zero attached hydrogens (tertiary/aromatic N) is 2. The highest BCUT2D eigenvalue weighted by Gasteiger charge is 2.42. The van der Waals surface area contributed by atoms with Crippen LogP contribution in [-0.4, -0.2) is 39.7 Å². The predicted octanol–water partition coefficient (Wildman–Crippen LogP) is 2.16. The molecular weight excluding hydrogens is 246 g/mol. The van der Waals surface area contributed by atoms with Crippen LogP contribution in [-0.2, 0) is 4.74 Å². The van der Waals surface area contributed by atoms with E-state index in [1.807, 2.05) is 34.6 Å². The summed E-state index contributed by atoms with van der Waals surface area (Å²) < 4.78 is 5.42. The molecule has 0 unspecified atom stereocenters. The molecule has 1 fully saturated rings. The molecular formula is C13H25N3O3. The summed E-state index contributed by atoms with van der Waals surface area (Å²) in [6.07, 6.45) is 1.46. The third kappa shape index (κ3) is 4.29. The molecule has 3 N–H and O–H groups in total. The fourth-order valence-electron chi connectivity index (χ4n) is 2.02. The lowest BCUT2D eigenvalue weighted by Gasteiger charge is -2.35. The molecule has 0 aromatic rings. The summed E-state index contributed by atoms with van der Waals surface area (Å²) in [5.74, 6) is 0.0942. The maximum atomic E-state index is 12.3. The third-order valence-corrected chi connectivity index (χ3v) is 2.89. The van der Waals surface area contributed by atoms with Gasteiger partial charge in [0.2, 0.25) is 0 Å². The van der Waals surface area contributed by atoms with Crippen LogP contribution < -0.4 is 5.73 Å². The Morgan fingerprint density at radius 1 is 1.42 bits per heavy atom. The van der Waals surface area contributed by atoms with Gasteiger partial charge >= 0.3 is 6.09 Å². The van der Waals surface area contributed by atoms with Gasteiger partial charge in [-0.3, -0.25) is 4.90 Å². The summed E-state index contributed by atoms with van der Waals surface area (Å²) in [6, 6.07) is -0.310. The number of amides is 1. The lowest BCUT2D eigenvalue weighted by Crippen LogP contribution is -2.53. The van der Waals surface area contributed by atoms with Crippen molar-refractivity contribution in [1.29, 1.82) is 0 Å². The Balaban J connectivity index is 2.95. The van der Waals surface area contributed by atoms with Gasteiger partial charge < -0.3 is 15.7 Å². The second-order valence-corrected chi connectivity index (χ2v) is 6.33. The van der Waals surface area contributed by atoms with E-state index < -0.39 is 17.7 Å². The van der Waals surface area contributed by atoms with Crippen molar-refractivity contribution < 1.29 is 14.7 Å². The van der Waals surface area contributed by atoms with Crippen molar-refractivity contribution in [2.45, 2.75) is 65.1 Å². The van der Waals surface area contributed by atoms with Crippen molar-refractivity contribution in [3.63, 3.8) is 0 Å². The van der Waals surface area contributed by atoms with E-state index in [4.69, 9.17) is 15.7 Å². The van der Waals surface area contributed by atoms with Crippen LogP contribution in [0, 0.1) is 5.92 Å². The standard InChI is InChI=1S/C13H25N3O3/c1-8(2)10(11(14)15-18)16(9-6-7-9)12(17)19-13(3,4)5/h8-10,18H,6-7H2,1-5H3,(H2,14,15)/t10-/m0/s1. The molecule has 0 bridgehead atoms. The number of carbonyl (C=O) groups excluding carboxylic acids is 1. The van der Waals surface area contributed by atoms with Crippen molar-refractivity contribution >= 4 is 11.9 Å². The minimum atomic E-state index is -0.559. The van der Waals surface area contributed by atoms with Crippen LogP contribution in [0.5, 0.6) is 0 Å². The zero-order valence-corrected chi connectivity index (χ0v) is 12.4. The first-order valence-corrected chi connectivity index (χ1v) is 6.66. The number of nitrogens with two attached hydrogens (primary N) is 1. The predicted molar refractivity (Wildman–Crippen MR) is 73.1 cm³/mol. The zero-order chi connectivity index (χ0) is 14.8. The Labute approximate surface area is 114 Å². The highest BCUT2D eigenvalue weighted by molar-refractivity contribution is 5.89.